The summed E-state index contributed by atoms with van der Waals surface area (Å²) in [5.41, 5.74) is -1.05. The van der Waals surface area contributed by atoms with Crippen LogP contribution < -0.4 is 4.72 Å². The van der Waals surface area contributed by atoms with E-state index in [4.69, 9.17) is 0 Å². The summed E-state index contributed by atoms with van der Waals surface area (Å²) >= 11 is 0. The molecule has 1 aliphatic carbocycles. The fourth-order valence-corrected chi connectivity index (χ4v) is 3.72. The molecule has 0 aliphatic heterocycles. The lowest BCUT2D eigenvalue weighted by atomic mass is 9.81. The van der Waals surface area contributed by atoms with Gasteiger partial charge in [-0.25, -0.2) is 23.2 Å². The first-order chi connectivity index (χ1) is 9.39. The van der Waals surface area contributed by atoms with Crippen molar-refractivity contribution in [2.75, 3.05) is 6.54 Å². The first kappa shape index (κ1) is 15.4. The zero-order chi connectivity index (χ0) is 14.6. The van der Waals surface area contributed by atoms with Crippen molar-refractivity contribution in [1.82, 2.24) is 19.9 Å². The minimum Gasteiger partial charge on any atom is -0.389 e. The average Bonchev–Trinajstić information content (AvgIpc) is 2.92. The molecule has 1 unspecified atom stereocenters. The normalized spacial score (nSPS) is 20.7. The van der Waals surface area contributed by atoms with E-state index in [1.165, 1.54) is 19.3 Å². The van der Waals surface area contributed by atoms with Crippen molar-refractivity contribution in [1.29, 1.82) is 0 Å². The number of sulfonamides is 1. The van der Waals surface area contributed by atoms with Gasteiger partial charge in [-0.15, -0.1) is 0 Å². The highest BCUT2D eigenvalue weighted by Crippen LogP contribution is 2.30. The van der Waals surface area contributed by atoms with Gasteiger partial charge >= 0.3 is 0 Å². The fraction of sp³-hybridized carbons (Fsp3) is 0.833. The maximum atomic E-state index is 11.9. The number of aromatic amines is 1. The smallest absolute Gasteiger partial charge is 0.275 e. The summed E-state index contributed by atoms with van der Waals surface area (Å²) in [6.45, 7) is 1.65. The summed E-state index contributed by atoms with van der Waals surface area (Å²) in [4.78, 5) is 3.61. The highest BCUT2D eigenvalue weighted by atomic mass is 32.2. The Morgan fingerprint density at radius 1 is 1.45 bits per heavy atom. The van der Waals surface area contributed by atoms with Crippen LogP contribution >= 0.6 is 0 Å². The molecule has 0 amide bonds. The van der Waals surface area contributed by atoms with Gasteiger partial charge in [-0.05, 0) is 19.3 Å². The average molecular weight is 302 g/mol. The summed E-state index contributed by atoms with van der Waals surface area (Å²) in [7, 11) is -3.73. The van der Waals surface area contributed by atoms with Gasteiger partial charge < -0.3 is 5.11 Å². The second-order valence-corrected chi connectivity index (χ2v) is 7.50. The third kappa shape index (κ3) is 4.26. The van der Waals surface area contributed by atoms with E-state index < -0.39 is 15.6 Å². The Balaban J connectivity index is 1.88. The van der Waals surface area contributed by atoms with E-state index >= 15 is 0 Å². The number of nitrogens with zero attached hydrogens (tertiary/aromatic N) is 2. The predicted octanol–water partition coefficient (Wildman–Crippen LogP) is 0.804. The molecule has 8 heteroatoms. The first-order valence-corrected chi connectivity index (χ1v) is 8.45. The molecule has 0 saturated heterocycles. The second-order valence-electron chi connectivity index (χ2n) is 5.82. The van der Waals surface area contributed by atoms with E-state index in [1.54, 1.807) is 6.92 Å². The molecule has 0 aromatic carbocycles. The number of rotatable bonds is 6. The van der Waals surface area contributed by atoms with Crippen LogP contribution in [-0.2, 0) is 10.0 Å². The van der Waals surface area contributed by atoms with Crippen LogP contribution in [0.15, 0.2) is 11.5 Å². The lowest BCUT2D eigenvalue weighted by molar-refractivity contribution is 0.0326. The quantitative estimate of drug-likeness (QED) is 0.720. The lowest BCUT2D eigenvalue weighted by Crippen LogP contribution is -2.42. The van der Waals surface area contributed by atoms with Gasteiger partial charge in [0.25, 0.3) is 15.2 Å². The number of aromatic nitrogens is 3. The standard InChI is InChI=1S/C12H22N4O3S/c1-12(17,7-10-5-3-2-4-6-10)8-15-20(18,19)11-13-9-14-16-11/h9-10,15,17H,2-8H2,1H3,(H,13,14,16). The number of H-pyrrole nitrogens is 1. The molecule has 7 nitrogen and oxygen atoms in total. The molecule has 114 valence electrons. The molecular weight excluding hydrogens is 280 g/mol. The van der Waals surface area contributed by atoms with Gasteiger partial charge in [0.05, 0.1) is 5.60 Å². The molecule has 20 heavy (non-hydrogen) atoms. The van der Waals surface area contributed by atoms with Gasteiger partial charge in [0.2, 0.25) is 0 Å². The Morgan fingerprint density at radius 3 is 2.75 bits per heavy atom. The van der Waals surface area contributed by atoms with Crippen LogP contribution in [0.3, 0.4) is 0 Å². The van der Waals surface area contributed by atoms with Crippen LogP contribution in [0, 0.1) is 5.92 Å². The topological polar surface area (TPSA) is 108 Å². The van der Waals surface area contributed by atoms with Crippen LogP contribution in [0.25, 0.3) is 0 Å². The van der Waals surface area contributed by atoms with Gasteiger partial charge in [0.15, 0.2) is 0 Å². The second kappa shape index (κ2) is 6.19. The molecule has 2 rings (SSSR count). The molecule has 1 heterocycles. The van der Waals surface area contributed by atoms with Crippen molar-refractivity contribution >= 4 is 10.0 Å². The zero-order valence-electron chi connectivity index (χ0n) is 11.7. The number of aliphatic hydroxyl groups is 1. The molecule has 1 atom stereocenters. The van der Waals surface area contributed by atoms with E-state index in [9.17, 15) is 13.5 Å². The van der Waals surface area contributed by atoms with Crippen molar-refractivity contribution in [2.24, 2.45) is 5.92 Å². The largest absolute Gasteiger partial charge is 0.389 e. The summed E-state index contributed by atoms with van der Waals surface area (Å²) in [5, 5.41) is 15.9. The number of hydrogen-bond acceptors (Lipinski definition) is 5. The van der Waals surface area contributed by atoms with Crippen LogP contribution in [0.1, 0.15) is 45.4 Å². The Bertz CT molecular complexity index is 507. The lowest BCUT2D eigenvalue weighted by Gasteiger charge is -2.30. The minimum atomic E-state index is -3.73. The van der Waals surface area contributed by atoms with Gasteiger partial charge in [0.1, 0.15) is 6.33 Å². The maximum absolute atomic E-state index is 11.9. The van der Waals surface area contributed by atoms with Gasteiger partial charge in [0, 0.05) is 6.54 Å². The van der Waals surface area contributed by atoms with Crippen molar-refractivity contribution in [3.63, 3.8) is 0 Å². The summed E-state index contributed by atoms with van der Waals surface area (Å²) in [5.74, 6) is 0.480. The van der Waals surface area contributed by atoms with Gasteiger partial charge in [-0.3, -0.25) is 0 Å². The molecule has 1 aromatic rings. The van der Waals surface area contributed by atoms with E-state index in [2.05, 4.69) is 19.9 Å². The fourth-order valence-electron chi connectivity index (χ4n) is 2.73. The molecule has 0 bridgehead atoms. The van der Waals surface area contributed by atoms with Crippen LogP contribution in [0.2, 0.25) is 0 Å². The predicted molar refractivity (Wildman–Crippen MR) is 73.4 cm³/mol. The third-order valence-electron chi connectivity index (χ3n) is 3.74. The van der Waals surface area contributed by atoms with Gasteiger partial charge in [-0.2, -0.15) is 5.10 Å². The molecule has 3 N–H and O–H groups in total. The highest BCUT2D eigenvalue weighted by molar-refractivity contribution is 7.89. The monoisotopic (exact) mass is 302 g/mol. The summed E-state index contributed by atoms with van der Waals surface area (Å²) in [6.07, 6.45) is 7.64. The van der Waals surface area contributed by atoms with Crippen LogP contribution in [0.5, 0.6) is 0 Å². The summed E-state index contributed by atoms with van der Waals surface area (Å²) < 4.78 is 26.1. The number of hydrogen-bond donors (Lipinski definition) is 3. The zero-order valence-corrected chi connectivity index (χ0v) is 12.5. The Kier molecular flexibility index (Phi) is 4.77. The summed E-state index contributed by atoms with van der Waals surface area (Å²) in [6, 6.07) is 0. The number of nitrogens with one attached hydrogen (secondary N) is 2. The van der Waals surface area contributed by atoms with Gasteiger partial charge in [-0.1, -0.05) is 32.1 Å². The van der Waals surface area contributed by atoms with E-state index in [-0.39, 0.29) is 11.7 Å². The molecule has 1 saturated carbocycles. The maximum Gasteiger partial charge on any atom is 0.275 e. The Morgan fingerprint density at radius 2 is 2.15 bits per heavy atom. The SMILES string of the molecule is CC(O)(CNS(=O)(=O)c1ncn[nH]1)CC1CCCCC1. The molecule has 0 radical (unpaired) electrons. The van der Waals surface area contributed by atoms with Crippen molar-refractivity contribution in [3.05, 3.63) is 6.33 Å². The molecule has 0 spiro atoms. The third-order valence-corrected chi connectivity index (χ3v) is 4.97. The highest BCUT2D eigenvalue weighted by Gasteiger charge is 2.29. The Hall–Kier alpha value is -0.990. The molecular formula is C12H22N4O3S. The first-order valence-electron chi connectivity index (χ1n) is 6.96. The van der Waals surface area contributed by atoms with E-state index in [0.29, 0.717) is 12.3 Å². The van der Waals surface area contributed by atoms with Crippen LogP contribution in [0.4, 0.5) is 0 Å². The molecule has 1 fully saturated rings. The van der Waals surface area contributed by atoms with E-state index in [0.717, 1.165) is 19.2 Å². The van der Waals surface area contributed by atoms with Crippen LogP contribution in [-0.4, -0.2) is 40.9 Å². The minimum absolute atomic E-state index is 0.0213. The van der Waals surface area contributed by atoms with Crippen molar-refractivity contribution in [2.45, 2.75) is 56.2 Å². The Labute approximate surface area is 119 Å². The van der Waals surface area contributed by atoms with Crippen molar-refractivity contribution in [3.8, 4) is 0 Å². The molecule has 1 aliphatic rings. The van der Waals surface area contributed by atoms with E-state index in [1.807, 2.05) is 0 Å². The molecule has 1 aromatic heterocycles. The van der Waals surface area contributed by atoms with Crippen molar-refractivity contribution < 1.29 is 13.5 Å².